The van der Waals surface area contributed by atoms with Gasteiger partial charge in [0.25, 0.3) is 0 Å². The molecule has 0 radical (unpaired) electrons. The SMILES string of the molecule is C1=COc2ccccc2O1.CCCN1CC(C)OC1=O.CCO. The van der Waals surface area contributed by atoms with E-state index in [0.717, 1.165) is 31.0 Å². The van der Waals surface area contributed by atoms with Gasteiger partial charge >= 0.3 is 6.09 Å². The summed E-state index contributed by atoms with van der Waals surface area (Å²) < 4.78 is 15.1. The Hall–Kier alpha value is -2.21. The first kappa shape index (κ1) is 18.8. The first-order valence-electron chi connectivity index (χ1n) is 7.76. The minimum atomic E-state index is -0.158. The van der Waals surface area contributed by atoms with E-state index in [0.29, 0.717) is 0 Å². The molecule has 1 N–H and O–H groups in total. The number of fused-ring (bicyclic) bond motifs is 1. The van der Waals surface area contributed by atoms with Crippen molar-refractivity contribution in [3.05, 3.63) is 36.8 Å². The third-order valence-corrected chi connectivity index (χ3v) is 2.83. The number of carbonyl (C=O) groups excluding carboxylic acids is 1. The van der Waals surface area contributed by atoms with Crippen LogP contribution in [0.15, 0.2) is 36.8 Å². The summed E-state index contributed by atoms with van der Waals surface area (Å²) in [7, 11) is 0. The van der Waals surface area contributed by atoms with Crippen molar-refractivity contribution in [2.45, 2.75) is 33.3 Å². The minimum Gasteiger partial charge on any atom is -0.458 e. The second-order valence-electron chi connectivity index (χ2n) is 4.91. The van der Waals surface area contributed by atoms with Gasteiger partial charge in [0.15, 0.2) is 11.5 Å². The molecule has 3 rings (SSSR count). The van der Waals surface area contributed by atoms with Crippen LogP contribution in [0.5, 0.6) is 11.5 Å². The molecule has 6 nitrogen and oxygen atoms in total. The van der Waals surface area contributed by atoms with Gasteiger partial charge in [0, 0.05) is 13.2 Å². The van der Waals surface area contributed by atoms with E-state index in [1.165, 1.54) is 12.5 Å². The molecule has 1 aromatic rings. The zero-order valence-electron chi connectivity index (χ0n) is 13.9. The first-order valence-corrected chi connectivity index (χ1v) is 7.76. The van der Waals surface area contributed by atoms with E-state index < -0.39 is 0 Å². The highest BCUT2D eigenvalue weighted by atomic mass is 16.6. The molecule has 1 fully saturated rings. The molecule has 1 saturated heterocycles. The fourth-order valence-electron chi connectivity index (χ4n) is 1.97. The third kappa shape index (κ3) is 6.61. The Morgan fingerprint density at radius 3 is 2.09 bits per heavy atom. The summed E-state index contributed by atoms with van der Waals surface area (Å²) in [5.41, 5.74) is 0. The lowest BCUT2D eigenvalue weighted by Crippen LogP contribution is -2.25. The van der Waals surface area contributed by atoms with Gasteiger partial charge in [0.2, 0.25) is 0 Å². The Morgan fingerprint density at radius 1 is 1.17 bits per heavy atom. The predicted molar refractivity (Wildman–Crippen MR) is 87.4 cm³/mol. The van der Waals surface area contributed by atoms with Crippen LogP contribution in [-0.4, -0.2) is 41.9 Å². The Kier molecular flexibility index (Phi) is 8.60. The molecule has 1 aromatic carbocycles. The smallest absolute Gasteiger partial charge is 0.410 e. The molecule has 1 unspecified atom stereocenters. The molecule has 2 heterocycles. The van der Waals surface area contributed by atoms with Crippen LogP contribution >= 0.6 is 0 Å². The molecule has 6 heteroatoms. The summed E-state index contributed by atoms with van der Waals surface area (Å²) in [4.78, 5) is 12.6. The average molecular weight is 323 g/mol. The van der Waals surface area contributed by atoms with Crippen molar-refractivity contribution >= 4 is 6.09 Å². The zero-order valence-corrected chi connectivity index (χ0v) is 13.9. The van der Waals surface area contributed by atoms with E-state index >= 15 is 0 Å². The number of benzene rings is 1. The van der Waals surface area contributed by atoms with Crippen molar-refractivity contribution in [3.8, 4) is 11.5 Å². The Bertz CT molecular complexity index is 477. The van der Waals surface area contributed by atoms with Gasteiger partial charge in [-0.2, -0.15) is 0 Å². The lowest BCUT2D eigenvalue weighted by atomic mass is 10.3. The van der Waals surface area contributed by atoms with Crippen LogP contribution in [0.1, 0.15) is 27.2 Å². The van der Waals surface area contributed by atoms with Crippen molar-refractivity contribution in [3.63, 3.8) is 0 Å². The number of rotatable bonds is 2. The number of nitrogens with zero attached hydrogens (tertiary/aromatic N) is 1. The van der Waals surface area contributed by atoms with Gasteiger partial charge in [-0.1, -0.05) is 19.1 Å². The van der Waals surface area contributed by atoms with E-state index in [1.54, 1.807) is 11.8 Å². The fraction of sp³-hybridized carbons (Fsp3) is 0.471. The molecule has 0 aliphatic carbocycles. The monoisotopic (exact) mass is 323 g/mol. The highest BCUT2D eigenvalue weighted by molar-refractivity contribution is 5.69. The third-order valence-electron chi connectivity index (χ3n) is 2.83. The number of hydrogen-bond donors (Lipinski definition) is 1. The normalized spacial score (nSPS) is 17.5. The largest absolute Gasteiger partial charge is 0.458 e. The molecule has 128 valence electrons. The van der Waals surface area contributed by atoms with Gasteiger partial charge < -0.3 is 24.2 Å². The van der Waals surface area contributed by atoms with Crippen LogP contribution in [0.3, 0.4) is 0 Å². The fourth-order valence-corrected chi connectivity index (χ4v) is 1.97. The topological polar surface area (TPSA) is 68.2 Å². The van der Waals surface area contributed by atoms with Gasteiger partial charge in [0.1, 0.15) is 18.6 Å². The molecule has 1 amide bonds. The Morgan fingerprint density at radius 2 is 1.70 bits per heavy atom. The van der Waals surface area contributed by atoms with E-state index in [-0.39, 0.29) is 18.8 Å². The number of carbonyl (C=O) groups is 1. The summed E-state index contributed by atoms with van der Waals surface area (Å²) in [5.74, 6) is 1.54. The summed E-state index contributed by atoms with van der Waals surface area (Å²) in [6.07, 6.45) is 3.96. The molecular weight excluding hydrogens is 298 g/mol. The van der Waals surface area contributed by atoms with Crippen molar-refractivity contribution < 1.29 is 24.1 Å². The maximum atomic E-state index is 10.9. The van der Waals surface area contributed by atoms with E-state index in [9.17, 15) is 4.79 Å². The lowest BCUT2D eigenvalue weighted by molar-refractivity contribution is 0.138. The molecule has 0 bridgehead atoms. The number of aliphatic hydroxyl groups excluding tert-OH is 1. The second kappa shape index (κ2) is 10.5. The Balaban J connectivity index is 0.000000197. The van der Waals surface area contributed by atoms with Crippen LogP contribution in [0.25, 0.3) is 0 Å². The highest BCUT2D eigenvalue weighted by Crippen LogP contribution is 2.28. The predicted octanol–water partition coefficient (Wildman–Crippen LogP) is 3.16. The van der Waals surface area contributed by atoms with E-state index in [1.807, 2.05) is 31.2 Å². The summed E-state index contributed by atoms with van der Waals surface area (Å²) >= 11 is 0. The van der Waals surface area contributed by atoms with Crippen LogP contribution in [0.2, 0.25) is 0 Å². The number of para-hydroxylation sites is 2. The number of ether oxygens (including phenoxy) is 3. The van der Waals surface area contributed by atoms with Gasteiger partial charge in [-0.3, -0.25) is 0 Å². The van der Waals surface area contributed by atoms with Gasteiger partial charge in [-0.05, 0) is 32.4 Å². The van der Waals surface area contributed by atoms with Crippen molar-refractivity contribution in [1.82, 2.24) is 4.90 Å². The van der Waals surface area contributed by atoms with Gasteiger partial charge in [-0.15, -0.1) is 0 Å². The quantitative estimate of drug-likeness (QED) is 0.905. The Labute approximate surface area is 137 Å². The van der Waals surface area contributed by atoms with Crippen LogP contribution in [0.4, 0.5) is 4.79 Å². The van der Waals surface area contributed by atoms with Crippen LogP contribution in [-0.2, 0) is 4.74 Å². The number of cyclic esters (lactones) is 1. The number of amides is 1. The van der Waals surface area contributed by atoms with E-state index in [2.05, 4.69) is 6.92 Å². The van der Waals surface area contributed by atoms with Crippen LogP contribution in [0, 0.1) is 0 Å². The second-order valence-corrected chi connectivity index (χ2v) is 4.91. The van der Waals surface area contributed by atoms with E-state index in [4.69, 9.17) is 19.3 Å². The van der Waals surface area contributed by atoms with Crippen LogP contribution < -0.4 is 9.47 Å². The highest BCUT2D eigenvalue weighted by Gasteiger charge is 2.26. The zero-order chi connectivity index (χ0) is 17.1. The molecule has 0 saturated carbocycles. The van der Waals surface area contributed by atoms with Gasteiger partial charge in [0.05, 0.1) is 6.54 Å². The maximum absolute atomic E-state index is 10.9. The molecule has 23 heavy (non-hydrogen) atoms. The van der Waals surface area contributed by atoms with Crippen molar-refractivity contribution in [2.24, 2.45) is 0 Å². The molecule has 2 aliphatic heterocycles. The molecule has 1 atom stereocenters. The number of hydrogen-bond acceptors (Lipinski definition) is 5. The standard InChI is InChI=1S/C8H6O2.C7H13NO2.C2H6O/c1-2-4-8-7(3-1)9-5-6-10-8;1-3-4-8-5-6(2)10-7(8)9;1-2-3/h1-6H;6H,3-5H2,1-2H3;3H,2H2,1H3. The summed E-state index contributed by atoms with van der Waals surface area (Å²) in [5, 5.41) is 7.57. The number of aliphatic hydroxyl groups is 1. The molecule has 0 spiro atoms. The van der Waals surface area contributed by atoms with Crippen molar-refractivity contribution in [2.75, 3.05) is 19.7 Å². The molecular formula is C17H25NO5. The maximum Gasteiger partial charge on any atom is 0.410 e. The lowest BCUT2D eigenvalue weighted by Gasteiger charge is -2.10. The molecule has 0 aromatic heterocycles. The average Bonchev–Trinajstić information content (AvgIpc) is 2.87. The first-order chi connectivity index (χ1) is 11.1. The van der Waals surface area contributed by atoms with Crippen molar-refractivity contribution in [1.29, 1.82) is 0 Å². The summed E-state index contributed by atoms with van der Waals surface area (Å²) in [6.45, 7) is 7.47. The molecule has 2 aliphatic rings. The summed E-state index contributed by atoms with van der Waals surface area (Å²) in [6, 6.07) is 7.53. The minimum absolute atomic E-state index is 0.0825. The van der Waals surface area contributed by atoms with Gasteiger partial charge in [-0.25, -0.2) is 4.79 Å².